The molecule has 0 bridgehead atoms. The topological polar surface area (TPSA) is 107 Å². The zero-order valence-electron chi connectivity index (χ0n) is 13.7. The van der Waals surface area contributed by atoms with Gasteiger partial charge in [-0.25, -0.2) is 9.97 Å². The van der Waals surface area contributed by atoms with Gasteiger partial charge in [0.2, 0.25) is 0 Å². The number of likely N-dealkylation sites (tertiary alicyclic amines) is 1. The third-order valence-electron chi connectivity index (χ3n) is 4.85. The van der Waals surface area contributed by atoms with E-state index in [0.29, 0.717) is 25.5 Å². The Labute approximate surface area is 141 Å². The molecule has 0 aromatic carbocycles. The molecular weight excluding hydrogens is 334 g/mol. The normalized spacial score (nSPS) is 28.4. The van der Waals surface area contributed by atoms with Crippen molar-refractivity contribution in [2.45, 2.75) is 6.54 Å². The van der Waals surface area contributed by atoms with Gasteiger partial charge >= 0.3 is 5.97 Å². The van der Waals surface area contributed by atoms with E-state index in [1.54, 1.807) is 18.5 Å². The Balaban J connectivity index is 1.78. The Hall–Kier alpha value is -1.62. The highest BCUT2D eigenvalue weighted by Gasteiger charge is 2.59. The predicted molar refractivity (Wildman–Crippen MR) is 85.0 cm³/mol. The van der Waals surface area contributed by atoms with Gasteiger partial charge in [0, 0.05) is 58.6 Å². The first kappa shape index (κ1) is 17.2. The third kappa shape index (κ3) is 2.79. The van der Waals surface area contributed by atoms with Gasteiger partial charge in [0.1, 0.15) is 5.82 Å². The van der Waals surface area contributed by atoms with Gasteiger partial charge in [-0.15, -0.1) is 0 Å². The highest BCUT2D eigenvalue weighted by molar-refractivity contribution is 7.86. The average Bonchev–Trinajstić information content (AvgIpc) is 3.03. The van der Waals surface area contributed by atoms with Gasteiger partial charge in [0.05, 0.1) is 12.0 Å². The molecule has 1 N–H and O–H groups in total. The summed E-state index contributed by atoms with van der Waals surface area (Å²) in [5.74, 6) is -0.551. The molecule has 0 unspecified atom stereocenters. The smallest absolute Gasteiger partial charge is 0.312 e. The molecule has 2 aliphatic rings. The van der Waals surface area contributed by atoms with Crippen LogP contribution in [0.3, 0.4) is 0 Å². The summed E-state index contributed by atoms with van der Waals surface area (Å²) in [5, 5.41) is 9.79. The number of aliphatic carboxylic acids is 1. The molecule has 10 heteroatoms. The third-order valence-corrected chi connectivity index (χ3v) is 6.70. The van der Waals surface area contributed by atoms with Crippen molar-refractivity contribution in [1.29, 1.82) is 0 Å². The lowest BCUT2D eigenvalue weighted by atomic mass is 9.81. The largest absolute Gasteiger partial charge is 0.481 e. The maximum atomic E-state index is 12.3. The number of hydrogen-bond donors (Lipinski definition) is 1. The van der Waals surface area contributed by atoms with Gasteiger partial charge in [0.15, 0.2) is 0 Å². The fourth-order valence-electron chi connectivity index (χ4n) is 3.56. The number of carboxylic acids is 1. The minimum atomic E-state index is -3.61. The molecule has 2 fully saturated rings. The van der Waals surface area contributed by atoms with Crippen LogP contribution in [0.4, 0.5) is 0 Å². The second-order valence-corrected chi connectivity index (χ2v) is 8.72. The molecule has 132 valence electrons. The number of hydrogen-bond acceptors (Lipinski definition) is 6. The van der Waals surface area contributed by atoms with Crippen molar-refractivity contribution in [2.75, 3.05) is 40.3 Å². The van der Waals surface area contributed by atoms with Crippen molar-refractivity contribution in [1.82, 2.24) is 23.5 Å². The lowest BCUT2D eigenvalue weighted by molar-refractivity contribution is -0.148. The van der Waals surface area contributed by atoms with E-state index in [1.165, 1.54) is 18.4 Å². The van der Waals surface area contributed by atoms with Crippen LogP contribution in [0.5, 0.6) is 0 Å². The van der Waals surface area contributed by atoms with Crippen LogP contribution in [0.2, 0.25) is 0 Å². The fraction of sp³-hybridized carbons (Fsp3) is 0.643. The van der Waals surface area contributed by atoms with E-state index < -0.39 is 21.6 Å². The number of rotatable bonds is 5. The second kappa shape index (κ2) is 6.03. The Bertz CT molecular complexity index is 726. The molecule has 9 nitrogen and oxygen atoms in total. The number of carbonyl (C=O) groups is 1. The number of aromatic nitrogens is 2. The molecule has 2 saturated heterocycles. The van der Waals surface area contributed by atoms with E-state index in [2.05, 4.69) is 9.97 Å². The van der Waals surface area contributed by atoms with Crippen molar-refractivity contribution in [3.05, 3.63) is 24.3 Å². The Morgan fingerprint density at radius 3 is 2.54 bits per heavy atom. The van der Waals surface area contributed by atoms with E-state index in [4.69, 9.17) is 0 Å². The number of carboxylic acid groups (broad SMARTS) is 1. The van der Waals surface area contributed by atoms with E-state index in [9.17, 15) is 18.3 Å². The van der Waals surface area contributed by atoms with Crippen LogP contribution in [-0.4, -0.2) is 83.2 Å². The zero-order chi connectivity index (χ0) is 17.5. The maximum Gasteiger partial charge on any atom is 0.312 e. The molecule has 3 heterocycles. The van der Waals surface area contributed by atoms with Crippen LogP contribution >= 0.6 is 0 Å². The Kier molecular flexibility index (Phi) is 4.32. The van der Waals surface area contributed by atoms with Crippen molar-refractivity contribution in [2.24, 2.45) is 11.3 Å². The highest BCUT2D eigenvalue weighted by atomic mass is 32.2. The molecule has 0 spiro atoms. The van der Waals surface area contributed by atoms with E-state index >= 15 is 0 Å². The van der Waals surface area contributed by atoms with Crippen molar-refractivity contribution in [3.63, 3.8) is 0 Å². The van der Waals surface area contributed by atoms with Gasteiger partial charge in [0.25, 0.3) is 10.2 Å². The molecule has 2 aliphatic heterocycles. The molecule has 0 radical (unpaired) electrons. The summed E-state index contributed by atoms with van der Waals surface area (Å²) in [6, 6.07) is 1.73. The van der Waals surface area contributed by atoms with Gasteiger partial charge in [-0.3, -0.25) is 9.69 Å². The molecule has 24 heavy (non-hydrogen) atoms. The molecule has 0 aliphatic carbocycles. The quantitative estimate of drug-likeness (QED) is 0.729. The molecule has 0 amide bonds. The Morgan fingerprint density at radius 1 is 1.33 bits per heavy atom. The van der Waals surface area contributed by atoms with Gasteiger partial charge in [-0.1, -0.05) is 0 Å². The van der Waals surface area contributed by atoms with Crippen LogP contribution in [0.15, 0.2) is 18.5 Å². The molecule has 2 atom stereocenters. The first-order chi connectivity index (χ1) is 11.3. The summed E-state index contributed by atoms with van der Waals surface area (Å²) in [7, 11) is -0.698. The van der Waals surface area contributed by atoms with Crippen molar-refractivity contribution < 1.29 is 18.3 Å². The predicted octanol–water partition coefficient (Wildman–Crippen LogP) is -0.899. The van der Waals surface area contributed by atoms with Gasteiger partial charge < -0.3 is 5.11 Å². The molecule has 0 saturated carbocycles. The van der Waals surface area contributed by atoms with Crippen molar-refractivity contribution >= 4 is 16.2 Å². The number of fused-ring (bicyclic) bond motifs is 1. The van der Waals surface area contributed by atoms with Crippen LogP contribution in [0, 0.1) is 11.3 Å². The van der Waals surface area contributed by atoms with Gasteiger partial charge in [-0.2, -0.15) is 17.0 Å². The van der Waals surface area contributed by atoms with Gasteiger partial charge in [-0.05, 0) is 6.07 Å². The lowest BCUT2D eigenvalue weighted by Gasteiger charge is -2.26. The lowest BCUT2D eigenvalue weighted by Crippen LogP contribution is -2.44. The summed E-state index contributed by atoms with van der Waals surface area (Å²) < 4.78 is 27.1. The average molecular weight is 355 g/mol. The summed E-state index contributed by atoms with van der Waals surface area (Å²) in [6.07, 6.45) is 3.30. The van der Waals surface area contributed by atoms with Crippen LogP contribution in [0.1, 0.15) is 5.82 Å². The van der Waals surface area contributed by atoms with Crippen LogP contribution in [0.25, 0.3) is 0 Å². The summed E-state index contributed by atoms with van der Waals surface area (Å²) >= 11 is 0. The van der Waals surface area contributed by atoms with Crippen LogP contribution < -0.4 is 0 Å². The highest BCUT2D eigenvalue weighted by Crippen LogP contribution is 2.44. The Morgan fingerprint density at radius 2 is 2.00 bits per heavy atom. The molecule has 1 aromatic heterocycles. The first-order valence-corrected chi connectivity index (χ1v) is 9.04. The molecular formula is C14H21N5O4S. The first-order valence-electron chi connectivity index (χ1n) is 7.65. The molecule has 1 aromatic rings. The number of nitrogens with zero attached hydrogens (tertiary/aromatic N) is 5. The minimum absolute atomic E-state index is 0.000337. The summed E-state index contributed by atoms with van der Waals surface area (Å²) in [5.41, 5.74) is -1.07. The van der Waals surface area contributed by atoms with E-state index in [0.717, 1.165) is 4.31 Å². The second-order valence-electron chi connectivity index (χ2n) is 6.58. The summed E-state index contributed by atoms with van der Waals surface area (Å²) in [6.45, 7) is 1.50. The summed E-state index contributed by atoms with van der Waals surface area (Å²) in [4.78, 5) is 22.3. The minimum Gasteiger partial charge on any atom is -0.481 e. The van der Waals surface area contributed by atoms with Crippen LogP contribution in [-0.2, 0) is 21.5 Å². The van der Waals surface area contributed by atoms with Crippen molar-refractivity contribution in [3.8, 4) is 0 Å². The van der Waals surface area contributed by atoms with E-state index in [-0.39, 0.29) is 19.0 Å². The van der Waals surface area contributed by atoms with E-state index in [1.807, 2.05) is 4.90 Å². The maximum absolute atomic E-state index is 12.3. The fourth-order valence-corrected chi connectivity index (χ4v) is 4.79. The monoisotopic (exact) mass is 355 g/mol. The SMILES string of the molecule is CN(C)S(=O)(=O)N1C[C@H]2CN(Cc3ncccn3)C[C@@]2(C(=O)O)C1. The zero-order valence-corrected chi connectivity index (χ0v) is 14.5. The standard InChI is InChI=1S/C14H21N5O4S/c1-17(2)24(22,23)19-7-11-6-18(8-12-15-4-3-5-16-12)9-14(11,10-19)13(20)21/h3-5,11H,6-10H2,1-2H3,(H,20,21)/t11-,14-/m1/s1. The molecule has 3 rings (SSSR count).